The third kappa shape index (κ3) is 3.95. The molecule has 5 heteroatoms. The molecule has 0 amide bonds. The van der Waals surface area contributed by atoms with Gasteiger partial charge in [-0.05, 0) is 43.7 Å². The number of rotatable bonds is 5. The van der Waals surface area contributed by atoms with Crippen molar-refractivity contribution in [3.63, 3.8) is 0 Å². The van der Waals surface area contributed by atoms with E-state index in [1.807, 2.05) is 25.1 Å². The highest BCUT2D eigenvalue weighted by atomic mass is 35.5. The third-order valence-corrected chi connectivity index (χ3v) is 3.28. The van der Waals surface area contributed by atoms with Crippen LogP contribution in [0.1, 0.15) is 24.1 Å². The smallest absolute Gasteiger partial charge is 0.333 e. The van der Waals surface area contributed by atoms with Gasteiger partial charge in [-0.2, -0.15) is 0 Å². The molecular formula is C16H17ClN2O2. The summed E-state index contributed by atoms with van der Waals surface area (Å²) < 4.78 is 5.15. The first-order valence-corrected chi connectivity index (χ1v) is 7.09. The van der Waals surface area contributed by atoms with Crippen LogP contribution in [0.25, 0.3) is 0 Å². The SMILES string of the molecule is CCOC(=O)C(Nc1cccc(Cl)c1)c1cnccc1C. The number of carbonyl (C=O) groups excluding carboxylic acids is 1. The van der Waals surface area contributed by atoms with Gasteiger partial charge in [0, 0.05) is 28.7 Å². The highest BCUT2D eigenvalue weighted by Crippen LogP contribution is 2.24. The summed E-state index contributed by atoms with van der Waals surface area (Å²) in [6.07, 6.45) is 3.37. The van der Waals surface area contributed by atoms with Gasteiger partial charge in [0.15, 0.2) is 6.04 Å². The van der Waals surface area contributed by atoms with E-state index in [0.29, 0.717) is 11.6 Å². The van der Waals surface area contributed by atoms with Crippen LogP contribution in [-0.4, -0.2) is 17.6 Å². The Labute approximate surface area is 129 Å². The average Bonchev–Trinajstić information content (AvgIpc) is 2.46. The van der Waals surface area contributed by atoms with Gasteiger partial charge in [0.05, 0.1) is 6.61 Å². The van der Waals surface area contributed by atoms with Crippen LogP contribution in [0, 0.1) is 6.92 Å². The fourth-order valence-electron chi connectivity index (χ4n) is 2.01. The van der Waals surface area contributed by atoms with E-state index in [9.17, 15) is 4.79 Å². The van der Waals surface area contributed by atoms with E-state index >= 15 is 0 Å². The fourth-order valence-corrected chi connectivity index (χ4v) is 2.20. The minimum Gasteiger partial charge on any atom is -0.464 e. The molecule has 0 aliphatic heterocycles. The second kappa shape index (κ2) is 7.09. The van der Waals surface area contributed by atoms with Gasteiger partial charge >= 0.3 is 5.97 Å². The number of pyridine rings is 1. The number of hydrogen-bond acceptors (Lipinski definition) is 4. The van der Waals surface area contributed by atoms with Gasteiger partial charge in [-0.3, -0.25) is 4.98 Å². The first-order chi connectivity index (χ1) is 10.1. The monoisotopic (exact) mass is 304 g/mol. The molecule has 2 rings (SSSR count). The van der Waals surface area contributed by atoms with Crippen molar-refractivity contribution in [3.05, 3.63) is 58.9 Å². The first-order valence-electron chi connectivity index (χ1n) is 6.71. The molecule has 0 bridgehead atoms. The standard InChI is InChI=1S/C16H17ClN2O2/c1-3-21-16(20)15(14-10-18-8-7-11(14)2)19-13-6-4-5-12(17)9-13/h4-10,15,19H,3H2,1-2H3. The lowest BCUT2D eigenvalue weighted by molar-refractivity contribution is -0.144. The summed E-state index contributed by atoms with van der Waals surface area (Å²) in [5.74, 6) is -0.339. The van der Waals surface area contributed by atoms with Crippen LogP contribution in [0.15, 0.2) is 42.7 Å². The maximum absolute atomic E-state index is 12.2. The van der Waals surface area contributed by atoms with Crippen LogP contribution in [0.4, 0.5) is 5.69 Å². The Bertz CT molecular complexity index is 631. The number of aryl methyl sites for hydroxylation is 1. The molecule has 0 spiro atoms. The zero-order valence-corrected chi connectivity index (χ0v) is 12.7. The van der Waals surface area contributed by atoms with Gasteiger partial charge in [-0.1, -0.05) is 17.7 Å². The van der Waals surface area contributed by atoms with Gasteiger partial charge in [0.1, 0.15) is 0 Å². The molecule has 0 fully saturated rings. The molecule has 2 aromatic rings. The molecular weight excluding hydrogens is 288 g/mol. The Morgan fingerprint density at radius 3 is 2.90 bits per heavy atom. The summed E-state index contributed by atoms with van der Waals surface area (Å²) in [6, 6.07) is 8.46. The van der Waals surface area contributed by atoms with E-state index in [-0.39, 0.29) is 5.97 Å². The summed E-state index contributed by atoms with van der Waals surface area (Å²) in [6.45, 7) is 4.04. The molecule has 1 aromatic carbocycles. The molecule has 1 unspecified atom stereocenters. The number of ether oxygens (including phenoxy) is 1. The lowest BCUT2D eigenvalue weighted by Gasteiger charge is -2.20. The highest BCUT2D eigenvalue weighted by molar-refractivity contribution is 6.30. The van der Waals surface area contributed by atoms with Crippen molar-refractivity contribution < 1.29 is 9.53 Å². The number of nitrogens with one attached hydrogen (secondary N) is 1. The number of esters is 1. The van der Waals surface area contributed by atoms with E-state index < -0.39 is 6.04 Å². The van der Waals surface area contributed by atoms with Crippen molar-refractivity contribution in [2.75, 3.05) is 11.9 Å². The normalized spacial score (nSPS) is 11.8. The van der Waals surface area contributed by atoms with E-state index in [1.54, 1.807) is 31.5 Å². The summed E-state index contributed by atoms with van der Waals surface area (Å²) in [4.78, 5) is 16.3. The molecule has 0 aliphatic carbocycles. The number of carbonyl (C=O) groups is 1. The zero-order valence-electron chi connectivity index (χ0n) is 12.0. The number of nitrogens with zero attached hydrogens (tertiary/aromatic N) is 1. The Hall–Kier alpha value is -2.07. The maximum Gasteiger partial charge on any atom is 0.333 e. The first kappa shape index (κ1) is 15.3. The van der Waals surface area contributed by atoms with Crippen molar-refractivity contribution in [1.82, 2.24) is 4.98 Å². The van der Waals surface area contributed by atoms with Crippen molar-refractivity contribution in [2.24, 2.45) is 0 Å². The van der Waals surface area contributed by atoms with Crippen LogP contribution in [0.2, 0.25) is 5.02 Å². The van der Waals surface area contributed by atoms with Crippen LogP contribution in [0.3, 0.4) is 0 Å². The molecule has 4 nitrogen and oxygen atoms in total. The van der Waals surface area contributed by atoms with E-state index in [1.165, 1.54) is 0 Å². The van der Waals surface area contributed by atoms with Crippen molar-refractivity contribution in [2.45, 2.75) is 19.9 Å². The van der Waals surface area contributed by atoms with Gasteiger partial charge < -0.3 is 10.1 Å². The molecule has 21 heavy (non-hydrogen) atoms. The molecule has 110 valence electrons. The van der Waals surface area contributed by atoms with Crippen LogP contribution >= 0.6 is 11.6 Å². The van der Waals surface area contributed by atoms with Gasteiger partial charge in [-0.25, -0.2) is 4.79 Å². The summed E-state index contributed by atoms with van der Waals surface area (Å²) in [5, 5.41) is 3.76. The average molecular weight is 305 g/mol. The second-order valence-corrected chi connectivity index (χ2v) is 5.01. The largest absolute Gasteiger partial charge is 0.464 e. The second-order valence-electron chi connectivity index (χ2n) is 4.57. The molecule has 0 saturated carbocycles. The van der Waals surface area contributed by atoms with Crippen LogP contribution in [-0.2, 0) is 9.53 Å². The molecule has 1 aromatic heterocycles. The number of hydrogen-bond donors (Lipinski definition) is 1. The lowest BCUT2D eigenvalue weighted by Crippen LogP contribution is -2.24. The maximum atomic E-state index is 12.2. The summed E-state index contributed by atoms with van der Waals surface area (Å²) in [7, 11) is 0. The summed E-state index contributed by atoms with van der Waals surface area (Å²) >= 11 is 5.98. The minimum absolute atomic E-state index is 0.325. The molecule has 1 N–H and O–H groups in total. The van der Waals surface area contributed by atoms with Gasteiger partial charge in [0.2, 0.25) is 0 Å². The number of aromatic nitrogens is 1. The fraction of sp³-hybridized carbons (Fsp3) is 0.250. The molecule has 1 heterocycles. The molecule has 0 radical (unpaired) electrons. The molecule has 0 saturated heterocycles. The van der Waals surface area contributed by atoms with E-state index in [2.05, 4.69) is 10.3 Å². The number of halogens is 1. The minimum atomic E-state index is -0.614. The molecule has 1 atom stereocenters. The van der Waals surface area contributed by atoms with Gasteiger partial charge in [-0.15, -0.1) is 0 Å². The summed E-state index contributed by atoms with van der Waals surface area (Å²) in [5.41, 5.74) is 2.51. The Morgan fingerprint density at radius 1 is 1.43 bits per heavy atom. The quantitative estimate of drug-likeness (QED) is 0.855. The predicted molar refractivity (Wildman–Crippen MR) is 83.4 cm³/mol. The molecule has 0 aliphatic rings. The number of anilines is 1. The Balaban J connectivity index is 2.33. The predicted octanol–water partition coefficient (Wildman–Crippen LogP) is 3.76. The van der Waals surface area contributed by atoms with E-state index in [4.69, 9.17) is 16.3 Å². The van der Waals surface area contributed by atoms with Crippen molar-refractivity contribution >= 4 is 23.3 Å². The van der Waals surface area contributed by atoms with Gasteiger partial charge in [0.25, 0.3) is 0 Å². The Morgan fingerprint density at radius 2 is 2.24 bits per heavy atom. The Kier molecular flexibility index (Phi) is 5.17. The highest BCUT2D eigenvalue weighted by Gasteiger charge is 2.23. The lowest BCUT2D eigenvalue weighted by atomic mass is 10.0. The zero-order chi connectivity index (χ0) is 15.2. The van der Waals surface area contributed by atoms with Crippen LogP contribution in [0.5, 0.6) is 0 Å². The third-order valence-electron chi connectivity index (χ3n) is 3.05. The number of benzene rings is 1. The van der Waals surface area contributed by atoms with E-state index in [0.717, 1.165) is 16.8 Å². The van der Waals surface area contributed by atoms with Crippen molar-refractivity contribution in [1.29, 1.82) is 0 Å². The topological polar surface area (TPSA) is 51.2 Å². The van der Waals surface area contributed by atoms with Crippen LogP contribution < -0.4 is 5.32 Å². The van der Waals surface area contributed by atoms with Crippen molar-refractivity contribution in [3.8, 4) is 0 Å².